The molecule has 0 bridgehead atoms. The molecule has 0 unspecified atom stereocenters. The molecule has 25 heavy (non-hydrogen) atoms. The molecule has 0 aromatic carbocycles. The molecule has 128 valence electrons. The lowest BCUT2D eigenvalue weighted by molar-refractivity contribution is -0.115. The van der Waals surface area contributed by atoms with Gasteiger partial charge in [-0.2, -0.15) is 5.10 Å². The zero-order valence-corrected chi connectivity index (χ0v) is 13.8. The van der Waals surface area contributed by atoms with Crippen LogP contribution in [0.3, 0.4) is 0 Å². The van der Waals surface area contributed by atoms with Crippen LogP contribution in [-0.4, -0.2) is 33.1 Å². The minimum Gasteiger partial charge on any atom is -0.459 e. The maximum absolute atomic E-state index is 11.9. The molecule has 3 heterocycles. The Balaban J connectivity index is 1.57. The first kappa shape index (κ1) is 16.4. The number of aromatic nitrogens is 3. The van der Waals surface area contributed by atoms with Crippen LogP contribution in [0, 0.1) is 13.8 Å². The second-order valence-electron chi connectivity index (χ2n) is 5.45. The van der Waals surface area contributed by atoms with E-state index >= 15 is 0 Å². The van der Waals surface area contributed by atoms with Crippen LogP contribution in [0.5, 0.6) is 0 Å². The van der Waals surface area contributed by atoms with E-state index in [4.69, 9.17) is 4.42 Å². The van der Waals surface area contributed by atoms with Gasteiger partial charge in [-0.05, 0) is 44.2 Å². The molecular formula is C17H17N5O3. The van der Waals surface area contributed by atoms with Crippen LogP contribution < -0.4 is 10.6 Å². The number of furan rings is 1. The molecule has 2 N–H and O–H groups in total. The summed E-state index contributed by atoms with van der Waals surface area (Å²) in [6.45, 7) is 3.69. The molecule has 0 saturated heterocycles. The van der Waals surface area contributed by atoms with E-state index in [1.807, 2.05) is 19.9 Å². The Hall–Kier alpha value is -3.42. The first-order chi connectivity index (χ1) is 12.0. The second-order valence-corrected chi connectivity index (χ2v) is 5.45. The summed E-state index contributed by atoms with van der Waals surface area (Å²) in [6.07, 6.45) is 2.93. The van der Waals surface area contributed by atoms with Gasteiger partial charge in [0.1, 0.15) is 0 Å². The summed E-state index contributed by atoms with van der Waals surface area (Å²) < 4.78 is 6.68. The summed E-state index contributed by atoms with van der Waals surface area (Å²) >= 11 is 0. The molecule has 3 rings (SSSR count). The van der Waals surface area contributed by atoms with Crippen molar-refractivity contribution in [2.45, 2.75) is 13.8 Å². The second kappa shape index (κ2) is 7.00. The van der Waals surface area contributed by atoms with Gasteiger partial charge < -0.3 is 15.1 Å². The van der Waals surface area contributed by atoms with Crippen molar-refractivity contribution in [1.29, 1.82) is 0 Å². The van der Waals surface area contributed by atoms with E-state index in [9.17, 15) is 9.59 Å². The highest BCUT2D eigenvalue weighted by Crippen LogP contribution is 2.12. The molecule has 0 aliphatic carbocycles. The average molecular weight is 339 g/mol. The fraction of sp³-hybridized carbons (Fsp3) is 0.176. The quantitative estimate of drug-likeness (QED) is 0.738. The van der Waals surface area contributed by atoms with E-state index in [1.54, 1.807) is 22.9 Å². The van der Waals surface area contributed by atoms with Gasteiger partial charge >= 0.3 is 0 Å². The van der Waals surface area contributed by atoms with Crippen LogP contribution >= 0.6 is 0 Å². The van der Waals surface area contributed by atoms with E-state index in [-0.39, 0.29) is 18.2 Å². The SMILES string of the molecule is Cc1cc(C)n(-c2ccc(NC(=O)CNC(=O)c3ccco3)cn2)n1. The Labute approximate surface area is 143 Å². The Kier molecular flexibility index (Phi) is 4.60. The number of nitrogens with one attached hydrogen (secondary N) is 2. The number of pyridine rings is 1. The molecule has 0 fully saturated rings. The summed E-state index contributed by atoms with van der Waals surface area (Å²) in [6, 6.07) is 8.57. The van der Waals surface area contributed by atoms with Crippen LogP contribution in [0.4, 0.5) is 5.69 Å². The molecule has 0 radical (unpaired) electrons. The van der Waals surface area contributed by atoms with Gasteiger partial charge in [0, 0.05) is 5.69 Å². The summed E-state index contributed by atoms with van der Waals surface area (Å²) in [5, 5.41) is 9.49. The van der Waals surface area contributed by atoms with Crippen molar-refractivity contribution in [3.8, 4) is 5.82 Å². The Morgan fingerprint density at radius 3 is 2.68 bits per heavy atom. The molecule has 0 saturated carbocycles. The standard InChI is InChI=1S/C17H17N5O3/c1-11-8-12(2)22(21-11)15-6-5-13(9-18-15)20-16(23)10-19-17(24)14-4-3-7-25-14/h3-9H,10H2,1-2H3,(H,19,24)(H,20,23). The van der Waals surface area contributed by atoms with E-state index in [1.165, 1.54) is 18.5 Å². The summed E-state index contributed by atoms with van der Waals surface area (Å²) in [5.74, 6) is 0.0112. The molecule has 3 aromatic heterocycles. The third-order valence-corrected chi connectivity index (χ3v) is 3.41. The summed E-state index contributed by atoms with van der Waals surface area (Å²) in [4.78, 5) is 27.9. The normalized spacial score (nSPS) is 10.5. The predicted octanol–water partition coefficient (Wildman–Crippen LogP) is 1.85. The molecule has 0 aliphatic rings. The van der Waals surface area contributed by atoms with Crippen LogP contribution in [0.15, 0.2) is 47.2 Å². The molecule has 0 atom stereocenters. The minimum atomic E-state index is -0.446. The van der Waals surface area contributed by atoms with Gasteiger partial charge in [0.25, 0.3) is 5.91 Å². The van der Waals surface area contributed by atoms with Gasteiger partial charge in [0.05, 0.1) is 30.4 Å². The van der Waals surface area contributed by atoms with Crippen LogP contribution in [-0.2, 0) is 4.79 Å². The number of amides is 2. The number of carbonyl (C=O) groups is 2. The monoisotopic (exact) mass is 339 g/mol. The van der Waals surface area contributed by atoms with E-state index in [0.29, 0.717) is 11.5 Å². The van der Waals surface area contributed by atoms with Crippen molar-refractivity contribution in [2.75, 3.05) is 11.9 Å². The van der Waals surface area contributed by atoms with Crippen molar-refractivity contribution < 1.29 is 14.0 Å². The third kappa shape index (κ3) is 3.92. The van der Waals surface area contributed by atoms with Crippen molar-refractivity contribution in [2.24, 2.45) is 0 Å². The van der Waals surface area contributed by atoms with Gasteiger partial charge in [-0.15, -0.1) is 0 Å². The largest absolute Gasteiger partial charge is 0.459 e. The van der Waals surface area contributed by atoms with E-state index in [0.717, 1.165) is 11.4 Å². The zero-order valence-electron chi connectivity index (χ0n) is 13.8. The fourth-order valence-corrected chi connectivity index (χ4v) is 2.31. The smallest absolute Gasteiger partial charge is 0.287 e. The Bertz CT molecular complexity index is 882. The number of rotatable bonds is 5. The Morgan fingerprint density at radius 1 is 1.24 bits per heavy atom. The molecule has 0 aliphatic heterocycles. The number of hydrogen-bond acceptors (Lipinski definition) is 5. The molecule has 0 spiro atoms. The molecule has 8 heteroatoms. The summed E-state index contributed by atoms with van der Waals surface area (Å²) in [5.41, 5.74) is 2.41. The van der Waals surface area contributed by atoms with Crippen molar-refractivity contribution in [1.82, 2.24) is 20.1 Å². The van der Waals surface area contributed by atoms with Crippen LogP contribution in [0.2, 0.25) is 0 Å². The molecule has 2 amide bonds. The molecule has 8 nitrogen and oxygen atoms in total. The fourth-order valence-electron chi connectivity index (χ4n) is 2.31. The number of nitrogens with zero attached hydrogens (tertiary/aromatic N) is 3. The molecule has 3 aromatic rings. The van der Waals surface area contributed by atoms with E-state index in [2.05, 4.69) is 20.7 Å². The van der Waals surface area contributed by atoms with Gasteiger partial charge in [-0.25, -0.2) is 9.67 Å². The number of carbonyl (C=O) groups excluding carboxylic acids is 2. The predicted molar refractivity (Wildman–Crippen MR) is 90.5 cm³/mol. The highest BCUT2D eigenvalue weighted by molar-refractivity contribution is 5.97. The van der Waals surface area contributed by atoms with Crippen LogP contribution in [0.1, 0.15) is 21.9 Å². The maximum Gasteiger partial charge on any atom is 0.287 e. The lowest BCUT2D eigenvalue weighted by atomic mass is 10.3. The lowest BCUT2D eigenvalue weighted by Crippen LogP contribution is -2.32. The topological polar surface area (TPSA) is 102 Å². The zero-order chi connectivity index (χ0) is 17.8. The van der Waals surface area contributed by atoms with Crippen LogP contribution in [0.25, 0.3) is 5.82 Å². The average Bonchev–Trinajstić information content (AvgIpc) is 3.23. The first-order valence-electron chi connectivity index (χ1n) is 7.64. The highest BCUT2D eigenvalue weighted by atomic mass is 16.3. The van der Waals surface area contributed by atoms with Gasteiger partial charge in [-0.1, -0.05) is 0 Å². The van der Waals surface area contributed by atoms with Gasteiger partial charge in [0.15, 0.2) is 11.6 Å². The number of hydrogen-bond donors (Lipinski definition) is 2. The lowest BCUT2D eigenvalue weighted by Gasteiger charge is -2.07. The van der Waals surface area contributed by atoms with Gasteiger partial charge in [0.2, 0.25) is 5.91 Å². The Morgan fingerprint density at radius 2 is 2.08 bits per heavy atom. The number of aryl methyl sites for hydroxylation is 2. The van der Waals surface area contributed by atoms with Crippen molar-refractivity contribution >= 4 is 17.5 Å². The van der Waals surface area contributed by atoms with Crippen molar-refractivity contribution in [3.05, 3.63) is 59.9 Å². The number of anilines is 1. The highest BCUT2D eigenvalue weighted by Gasteiger charge is 2.11. The maximum atomic E-state index is 11.9. The summed E-state index contributed by atoms with van der Waals surface area (Å²) in [7, 11) is 0. The minimum absolute atomic E-state index is 0.156. The van der Waals surface area contributed by atoms with Crippen molar-refractivity contribution in [3.63, 3.8) is 0 Å². The molecular weight excluding hydrogens is 322 g/mol. The first-order valence-corrected chi connectivity index (χ1v) is 7.64. The third-order valence-electron chi connectivity index (χ3n) is 3.41. The van der Waals surface area contributed by atoms with E-state index < -0.39 is 5.91 Å². The van der Waals surface area contributed by atoms with Gasteiger partial charge in [-0.3, -0.25) is 9.59 Å².